The number of likely N-dealkylation sites (tertiary alicyclic amines) is 1. The number of thiophene rings is 1. The number of amides is 2. The highest BCUT2D eigenvalue weighted by atomic mass is 32.1. The maximum atomic E-state index is 13.0. The number of carbonyl (C=O) groups excluding carboxylic acids is 2. The van der Waals surface area contributed by atoms with Crippen molar-refractivity contribution in [2.45, 2.75) is 12.8 Å². The van der Waals surface area contributed by atoms with Crippen molar-refractivity contribution in [2.75, 3.05) is 44.2 Å². The van der Waals surface area contributed by atoms with Crippen molar-refractivity contribution in [2.24, 2.45) is 5.92 Å². The van der Waals surface area contributed by atoms with Gasteiger partial charge in [0, 0.05) is 57.3 Å². The zero-order chi connectivity index (χ0) is 18.6. The van der Waals surface area contributed by atoms with Crippen LogP contribution >= 0.6 is 11.3 Å². The summed E-state index contributed by atoms with van der Waals surface area (Å²) < 4.78 is 0. The van der Waals surface area contributed by atoms with E-state index < -0.39 is 0 Å². The minimum Gasteiger partial charge on any atom is -0.368 e. The normalized spacial score (nSPS) is 20.6. The van der Waals surface area contributed by atoms with E-state index in [1.54, 1.807) is 12.4 Å². The molecule has 2 aromatic heterocycles. The molecule has 1 atom stereocenters. The molecule has 4 rings (SSSR count). The zero-order valence-corrected chi connectivity index (χ0v) is 16.1. The van der Waals surface area contributed by atoms with Gasteiger partial charge in [-0.05, 0) is 36.4 Å². The van der Waals surface area contributed by atoms with Crippen LogP contribution in [0.4, 0.5) is 5.69 Å². The third-order valence-corrected chi connectivity index (χ3v) is 6.27. The van der Waals surface area contributed by atoms with Crippen molar-refractivity contribution < 1.29 is 9.59 Å². The number of hydrogen-bond donors (Lipinski definition) is 0. The maximum Gasteiger partial charge on any atom is 0.263 e. The highest BCUT2D eigenvalue weighted by Gasteiger charge is 2.33. The molecule has 7 heteroatoms. The SMILES string of the molecule is O=C(c1cccs1)N1CCCC(C(=O)N2CCN(c3ccncc3)CC2)C1. The molecule has 0 aliphatic carbocycles. The molecule has 2 fully saturated rings. The lowest BCUT2D eigenvalue weighted by Crippen LogP contribution is -2.53. The van der Waals surface area contributed by atoms with Crippen LogP contribution < -0.4 is 4.90 Å². The summed E-state index contributed by atoms with van der Waals surface area (Å²) in [6.07, 6.45) is 5.37. The molecule has 0 aromatic carbocycles. The van der Waals surface area contributed by atoms with E-state index in [4.69, 9.17) is 0 Å². The smallest absolute Gasteiger partial charge is 0.263 e. The van der Waals surface area contributed by atoms with Crippen LogP contribution in [0, 0.1) is 5.92 Å². The van der Waals surface area contributed by atoms with Crippen LogP contribution in [0.25, 0.3) is 0 Å². The number of aromatic nitrogens is 1. The molecule has 6 nitrogen and oxygen atoms in total. The van der Waals surface area contributed by atoms with Gasteiger partial charge < -0.3 is 14.7 Å². The number of carbonyl (C=O) groups is 2. The molecule has 142 valence electrons. The van der Waals surface area contributed by atoms with E-state index in [0.29, 0.717) is 6.54 Å². The summed E-state index contributed by atoms with van der Waals surface area (Å²) in [5.41, 5.74) is 1.16. The monoisotopic (exact) mass is 384 g/mol. The summed E-state index contributed by atoms with van der Waals surface area (Å²) in [4.78, 5) is 36.6. The van der Waals surface area contributed by atoms with Gasteiger partial charge in [-0.15, -0.1) is 11.3 Å². The Bertz CT molecular complexity index is 773. The summed E-state index contributed by atoms with van der Waals surface area (Å²) in [5.74, 6) is 0.188. The number of piperazine rings is 1. The molecule has 0 saturated carbocycles. The lowest BCUT2D eigenvalue weighted by atomic mass is 9.96. The first-order valence-corrected chi connectivity index (χ1v) is 10.4. The molecule has 2 aliphatic heterocycles. The van der Waals surface area contributed by atoms with Gasteiger partial charge in [0.1, 0.15) is 0 Å². The Morgan fingerprint density at radius 3 is 2.48 bits per heavy atom. The first-order chi connectivity index (χ1) is 13.2. The first kappa shape index (κ1) is 18.0. The molecule has 2 amide bonds. The van der Waals surface area contributed by atoms with Crippen molar-refractivity contribution >= 4 is 28.8 Å². The number of hydrogen-bond acceptors (Lipinski definition) is 5. The summed E-state index contributed by atoms with van der Waals surface area (Å²) in [6.45, 7) is 4.42. The Morgan fingerprint density at radius 1 is 1.00 bits per heavy atom. The molecule has 0 radical (unpaired) electrons. The predicted molar refractivity (Wildman–Crippen MR) is 106 cm³/mol. The number of rotatable bonds is 3. The van der Waals surface area contributed by atoms with Crippen molar-refractivity contribution in [3.05, 3.63) is 46.9 Å². The third-order valence-electron chi connectivity index (χ3n) is 5.41. The number of nitrogens with zero attached hydrogens (tertiary/aromatic N) is 4. The highest BCUT2D eigenvalue weighted by Crippen LogP contribution is 2.23. The van der Waals surface area contributed by atoms with Crippen LogP contribution in [0.5, 0.6) is 0 Å². The van der Waals surface area contributed by atoms with E-state index in [1.807, 2.05) is 39.4 Å². The Hall–Kier alpha value is -2.41. The largest absolute Gasteiger partial charge is 0.368 e. The standard InChI is InChI=1S/C20H24N4O2S/c25-19(23-12-10-22(11-13-23)17-5-7-21-8-6-17)16-3-1-9-24(15-16)20(26)18-4-2-14-27-18/h2,4-8,14,16H,1,3,9-13,15H2. The van der Waals surface area contributed by atoms with E-state index in [-0.39, 0.29) is 17.7 Å². The van der Waals surface area contributed by atoms with Gasteiger partial charge in [0.05, 0.1) is 10.8 Å². The number of piperidine rings is 1. The van der Waals surface area contributed by atoms with Gasteiger partial charge in [0.15, 0.2) is 0 Å². The van der Waals surface area contributed by atoms with Gasteiger partial charge in [-0.1, -0.05) is 6.07 Å². The van der Waals surface area contributed by atoms with Crippen LogP contribution in [0.15, 0.2) is 42.0 Å². The minimum atomic E-state index is -0.0739. The minimum absolute atomic E-state index is 0.0602. The second kappa shape index (κ2) is 8.08. The lowest BCUT2D eigenvalue weighted by Gasteiger charge is -2.39. The zero-order valence-electron chi connectivity index (χ0n) is 15.3. The molecular weight excluding hydrogens is 360 g/mol. The molecule has 4 heterocycles. The Balaban J connectivity index is 1.34. The Morgan fingerprint density at radius 2 is 1.78 bits per heavy atom. The molecule has 1 unspecified atom stereocenters. The second-order valence-corrected chi connectivity index (χ2v) is 8.03. The van der Waals surface area contributed by atoms with E-state index in [9.17, 15) is 9.59 Å². The second-order valence-electron chi connectivity index (χ2n) is 7.09. The average Bonchev–Trinajstić information content (AvgIpc) is 3.28. The van der Waals surface area contributed by atoms with Crippen LogP contribution in [-0.4, -0.2) is 65.9 Å². The summed E-state index contributed by atoms with van der Waals surface area (Å²) >= 11 is 1.46. The summed E-state index contributed by atoms with van der Waals surface area (Å²) in [6, 6.07) is 7.77. The van der Waals surface area contributed by atoms with E-state index in [0.717, 1.165) is 56.1 Å². The third kappa shape index (κ3) is 3.98. The van der Waals surface area contributed by atoms with Crippen molar-refractivity contribution in [1.82, 2.24) is 14.8 Å². The lowest BCUT2D eigenvalue weighted by molar-refractivity contribution is -0.137. The molecule has 2 saturated heterocycles. The van der Waals surface area contributed by atoms with Gasteiger partial charge in [-0.25, -0.2) is 0 Å². The summed E-state index contributed by atoms with van der Waals surface area (Å²) in [5, 5.41) is 1.92. The first-order valence-electron chi connectivity index (χ1n) is 9.49. The molecule has 0 N–H and O–H groups in total. The van der Waals surface area contributed by atoms with Crippen molar-refractivity contribution in [1.29, 1.82) is 0 Å². The van der Waals surface area contributed by atoms with E-state index in [2.05, 4.69) is 9.88 Å². The molecule has 0 bridgehead atoms. The van der Waals surface area contributed by atoms with Crippen molar-refractivity contribution in [3.63, 3.8) is 0 Å². The van der Waals surface area contributed by atoms with Crippen LogP contribution in [0.3, 0.4) is 0 Å². The van der Waals surface area contributed by atoms with Crippen LogP contribution in [0.2, 0.25) is 0 Å². The molecule has 0 spiro atoms. The van der Waals surface area contributed by atoms with Gasteiger partial charge in [0.25, 0.3) is 5.91 Å². The molecule has 2 aromatic rings. The van der Waals surface area contributed by atoms with E-state index >= 15 is 0 Å². The van der Waals surface area contributed by atoms with Crippen molar-refractivity contribution in [3.8, 4) is 0 Å². The van der Waals surface area contributed by atoms with Gasteiger partial charge in [0.2, 0.25) is 5.91 Å². The summed E-state index contributed by atoms with van der Waals surface area (Å²) in [7, 11) is 0. The molecule has 2 aliphatic rings. The van der Waals surface area contributed by atoms with E-state index in [1.165, 1.54) is 11.3 Å². The molecule has 27 heavy (non-hydrogen) atoms. The Kier molecular flexibility index (Phi) is 5.38. The van der Waals surface area contributed by atoms with Gasteiger partial charge in [-0.2, -0.15) is 0 Å². The topological polar surface area (TPSA) is 56.8 Å². The highest BCUT2D eigenvalue weighted by molar-refractivity contribution is 7.12. The molecular formula is C20H24N4O2S. The Labute approximate surface area is 163 Å². The van der Waals surface area contributed by atoms with Gasteiger partial charge >= 0.3 is 0 Å². The fourth-order valence-corrected chi connectivity index (χ4v) is 4.61. The average molecular weight is 385 g/mol. The predicted octanol–water partition coefficient (Wildman–Crippen LogP) is 2.34. The fourth-order valence-electron chi connectivity index (χ4n) is 3.92. The maximum absolute atomic E-state index is 13.0. The number of pyridine rings is 1. The quantitative estimate of drug-likeness (QED) is 0.815. The number of anilines is 1. The van der Waals surface area contributed by atoms with Crippen LogP contribution in [-0.2, 0) is 4.79 Å². The van der Waals surface area contributed by atoms with Gasteiger partial charge in [-0.3, -0.25) is 14.6 Å². The van der Waals surface area contributed by atoms with Crippen LogP contribution in [0.1, 0.15) is 22.5 Å². The fraction of sp³-hybridized carbons (Fsp3) is 0.450.